The van der Waals surface area contributed by atoms with Gasteiger partial charge in [0.15, 0.2) is 0 Å². The van der Waals surface area contributed by atoms with Crippen LogP contribution in [0, 0.1) is 11.8 Å². The Morgan fingerprint density at radius 1 is 0.935 bits per heavy atom. The zero-order valence-electron chi connectivity index (χ0n) is 17.5. The zero-order valence-corrected chi connectivity index (χ0v) is 17.5. The molecule has 0 fully saturated rings. The van der Waals surface area contributed by atoms with Crippen molar-refractivity contribution in [3.05, 3.63) is 95.6 Å². The van der Waals surface area contributed by atoms with Crippen LogP contribution in [0.15, 0.2) is 78.9 Å². The average Bonchev–Trinajstić information content (AvgIpc) is 3.05. The molecule has 31 heavy (non-hydrogen) atoms. The molecule has 154 valence electrons. The SMILES string of the molecule is C[C@@H](NC/C=C/C#CCCN1C(=O)c2ccccc2C1=O)c1cccc2ccccc12. The number of nitrogens with zero attached hydrogens (tertiary/aromatic N) is 1. The van der Waals surface area contributed by atoms with Crippen LogP contribution >= 0.6 is 0 Å². The normalized spacial score (nSPS) is 14.0. The van der Waals surface area contributed by atoms with Crippen LogP contribution < -0.4 is 5.32 Å². The van der Waals surface area contributed by atoms with Gasteiger partial charge in [0, 0.05) is 25.6 Å². The Morgan fingerprint density at radius 2 is 1.61 bits per heavy atom. The van der Waals surface area contributed by atoms with E-state index in [9.17, 15) is 9.59 Å². The second-order valence-corrected chi connectivity index (χ2v) is 7.48. The number of imide groups is 1. The van der Waals surface area contributed by atoms with Crippen LogP contribution in [0.5, 0.6) is 0 Å². The van der Waals surface area contributed by atoms with Crippen LogP contribution in [0.25, 0.3) is 10.8 Å². The van der Waals surface area contributed by atoms with E-state index in [0.29, 0.717) is 30.6 Å². The molecular weight excluding hydrogens is 384 g/mol. The van der Waals surface area contributed by atoms with Gasteiger partial charge in [-0.25, -0.2) is 0 Å². The molecule has 0 radical (unpaired) electrons. The molecule has 3 aromatic rings. The summed E-state index contributed by atoms with van der Waals surface area (Å²) in [5.41, 5.74) is 2.23. The number of hydrogen-bond acceptors (Lipinski definition) is 3. The van der Waals surface area contributed by atoms with Crippen molar-refractivity contribution in [3.63, 3.8) is 0 Å². The van der Waals surface area contributed by atoms with Crippen LogP contribution in [0.2, 0.25) is 0 Å². The molecule has 3 aromatic carbocycles. The highest BCUT2D eigenvalue weighted by Crippen LogP contribution is 2.24. The van der Waals surface area contributed by atoms with E-state index in [4.69, 9.17) is 0 Å². The molecule has 0 saturated carbocycles. The molecular formula is C27H24N2O2. The van der Waals surface area contributed by atoms with Gasteiger partial charge >= 0.3 is 0 Å². The number of carbonyl (C=O) groups is 2. The largest absolute Gasteiger partial charge is 0.307 e. The first-order valence-corrected chi connectivity index (χ1v) is 10.5. The van der Waals surface area contributed by atoms with E-state index in [1.165, 1.54) is 21.2 Å². The summed E-state index contributed by atoms with van der Waals surface area (Å²) in [7, 11) is 0. The van der Waals surface area contributed by atoms with Crippen LogP contribution in [0.4, 0.5) is 0 Å². The van der Waals surface area contributed by atoms with Gasteiger partial charge < -0.3 is 5.32 Å². The molecule has 0 aliphatic carbocycles. The van der Waals surface area contributed by atoms with Crippen molar-refractivity contribution < 1.29 is 9.59 Å². The van der Waals surface area contributed by atoms with Gasteiger partial charge in [0.05, 0.1) is 11.1 Å². The first-order valence-electron chi connectivity index (χ1n) is 10.5. The van der Waals surface area contributed by atoms with Crippen molar-refractivity contribution in [3.8, 4) is 11.8 Å². The molecule has 0 saturated heterocycles. The lowest BCUT2D eigenvalue weighted by Crippen LogP contribution is -2.30. The first kappa shape index (κ1) is 20.6. The first-order chi connectivity index (χ1) is 15.2. The Labute approximate surface area is 182 Å². The van der Waals surface area contributed by atoms with E-state index in [-0.39, 0.29) is 17.9 Å². The fourth-order valence-electron chi connectivity index (χ4n) is 3.84. The molecule has 0 bridgehead atoms. The maximum absolute atomic E-state index is 12.3. The van der Waals surface area contributed by atoms with E-state index in [2.05, 4.69) is 66.5 Å². The summed E-state index contributed by atoms with van der Waals surface area (Å²) < 4.78 is 0. The Bertz CT molecular complexity index is 1180. The van der Waals surface area contributed by atoms with Gasteiger partial charge in [0.25, 0.3) is 11.8 Å². The van der Waals surface area contributed by atoms with E-state index in [1.807, 2.05) is 12.2 Å². The fraction of sp³-hybridized carbons (Fsp3) is 0.185. The highest BCUT2D eigenvalue weighted by molar-refractivity contribution is 6.21. The van der Waals surface area contributed by atoms with Gasteiger partial charge in [-0.3, -0.25) is 14.5 Å². The van der Waals surface area contributed by atoms with Crippen LogP contribution in [0.3, 0.4) is 0 Å². The predicted octanol–water partition coefficient (Wildman–Crippen LogP) is 4.74. The van der Waals surface area contributed by atoms with Crippen LogP contribution in [-0.2, 0) is 0 Å². The Hall–Kier alpha value is -3.68. The van der Waals surface area contributed by atoms with Crippen molar-refractivity contribution in [1.29, 1.82) is 0 Å². The number of hydrogen-bond donors (Lipinski definition) is 1. The summed E-state index contributed by atoms with van der Waals surface area (Å²) in [5.74, 6) is 5.53. The maximum atomic E-state index is 12.3. The minimum absolute atomic E-state index is 0.220. The molecule has 1 N–H and O–H groups in total. The molecule has 0 aromatic heterocycles. The summed E-state index contributed by atoms with van der Waals surface area (Å²) >= 11 is 0. The molecule has 1 aliphatic rings. The van der Waals surface area contributed by atoms with Crippen molar-refractivity contribution in [1.82, 2.24) is 10.2 Å². The highest BCUT2D eigenvalue weighted by atomic mass is 16.2. The molecule has 4 nitrogen and oxygen atoms in total. The van der Waals surface area contributed by atoms with Gasteiger partial charge in [-0.1, -0.05) is 72.5 Å². The van der Waals surface area contributed by atoms with Crippen LogP contribution in [-0.4, -0.2) is 29.8 Å². The van der Waals surface area contributed by atoms with Crippen molar-refractivity contribution >= 4 is 22.6 Å². The molecule has 1 aliphatic heterocycles. The minimum atomic E-state index is -0.232. The zero-order chi connectivity index (χ0) is 21.6. The Kier molecular flexibility index (Phi) is 6.26. The summed E-state index contributed by atoms with van der Waals surface area (Å²) in [6.07, 6.45) is 4.25. The number of benzene rings is 3. The molecule has 1 atom stereocenters. The Morgan fingerprint density at radius 3 is 2.39 bits per heavy atom. The smallest absolute Gasteiger partial charge is 0.261 e. The van der Waals surface area contributed by atoms with Crippen LogP contribution in [0.1, 0.15) is 45.7 Å². The molecule has 1 heterocycles. The molecule has 0 spiro atoms. The summed E-state index contributed by atoms with van der Waals surface area (Å²) in [6, 6.07) is 21.9. The van der Waals surface area contributed by atoms with E-state index < -0.39 is 0 Å². The van der Waals surface area contributed by atoms with Gasteiger partial charge in [-0.2, -0.15) is 0 Å². The van der Waals surface area contributed by atoms with Crippen molar-refractivity contribution in [2.24, 2.45) is 0 Å². The third-order valence-corrected chi connectivity index (χ3v) is 5.47. The second kappa shape index (κ2) is 9.42. The number of carbonyl (C=O) groups excluding carboxylic acids is 2. The lowest BCUT2D eigenvalue weighted by atomic mass is 10.00. The molecule has 2 amide bonds. The highest BCUT2D eigenvalue weighted by Gasteiger charge is 2.34. The standard InChI is InChI=1S/C27H24N2O2/c1-20(22-17-11-13-21-12-5-6-14-23(21)22)28-18-9-3-2-4-10-19-29-26(30)24-15-7-8-16-25(24)27(29)31/h3,5-9,11-17,20,28H,10,18-19H2,1H3/b9-3+/t20-/m1/s1. The van der Waals surface area contributed by atoms with Gasteiger partial charge in [-0.05, 0) is 41.5 Å². The monoisotopic (exact) mass is 408 g/mol. The number of rotatable bonds is 6. The topological polar surface area (TPSA) is 49.4 Å². The Balaban J connectivity index is 1.25. The van der Waals surface area contributed by atoms with E-state index in [1.54, 1.807) is 24.3 Å². The van der Waals surface area contributed by atoms with Crippen molar-refractivity contribution in [2.45, 2.75) is 19.4 Å². The van der Waals surface area contributed by atoms with Gasteiger partial charge in [-0.15, -0.1) is 0 Å². The molecule has 4 heteroatoms. The average molecular weight is 409 g/mol. The number of allylic oxidation sites excluding steroid dienone is 1. The van der Waals surface area contributed by atoms with E-state index >= 15 is 0 Å². The lowest BCUT2D eigenvalue weighted by Gasteiger charge is -2.15. The fourth-order valence-corrected chi connectivity index (χ4v) is 3.84. The lowest BCUT2D eigenvalue weighted by molar-refractivity contribution is 0.0658. The number of amides is 2. The summed E-state index contributed by atoms with van der Waals surface area (Å²) in [5, 5.41) is 6.01. The number of nitrogens with one attached hydrogen (secondary N) is 1. The van der Waals surface area contributed by atoms with E-state index in [0.717, 1.165) is 0 Å². The minimum Gasteiger partial charge on any atom is -0.307 e. The van der Waals surface area contributed by atoms with Crippen molar-refractivity contribution in [2.75, 3.05) is 13.1 Å². The number of fused-ring (bicyclic) bond motifs is 2. The third kappa shape index (κ3) is 4.42. The summed E-state index contributed by atoms with van der Waals surface area (Å²) in [6.45, 7) is 3.17. The second-order valence-electron chi connectivity index (χ2n) is 7.48. The van der Waals surface area contributed by atoms with Gasteiger partial charge in [0.1, 0.15) is 0 Å². The molecule has 4 rings (SSSR count). The maximum Gasteiger partial charge on any atom is 0.261 e. The summed E-state index contributed by atoms with van der Waals surface area (Å²) in [4.78, 5) is 25.9. The van der Waals surface area contributed by atoms with Gasteiger partial charge in [0.2, 0.25) is 0 Å². The predicted molar refractivity (Wildman–Crippen MR) is 124 cm³/mol. The molecule has 0 unspecified atom stereocenters. The third-order valence-electron chi connectivity index (χ3n) is 5.47. The quantitative estimate of drug-likeness (QED) is 0.474.